The predicted molar refractivity (Wildman–Crippen MR) is 125 cm³/mol. The van der Waals surface area contributed by atoms with Crippen molar-refractivity contribution in [1.29, 1.82) is 0 Å². The van der Waals surface area contributed by atoms with E-state index in [9.17, 15) is 4.79 Å². The zero-order valence-corrected chi connectivity index (χ0v) is 18.5. The second kappa shape index (κ2) is 8.95. The van der Waals surface area contributed by atoms with Crippen molar-refractivity contribution in [2.24, 2.45) is 0 Å². The van der Waals surface area contributed by atoms with Crippen LogP contribution in [0.3, 0.4) is 0 Å². The molecule has 0 aliphatic carbocycles. The lowest BCUT2D eigenvalue weighted by Gasteiger charge is -2.22. The summed E-state index contributed by atoms with van der Waals surface area (Å²) in [6, 6.07) is 9.36. The maximum absolute atomic E-state index is 12.6. The minimum absolute atomic E-state index is 0.177. The molecule has 33 heavy (non-hydrogen) atoms. The minimum Gasteiger partial charge on any atom is -0.382 e. The summed E-state index contributed by atoms with van der Waals surface area (Å²) < 4.78 is 2.03. The number of carbonyl (C=O) groups is 1. The molecule has 4 aromatic rings. The lowest BCUT2D eigenvalue weighted by molar-refractivity contribution is 0.0950. The van der Waals surface area contributed by atoms with Gasteiger partial charge in [0, 0.05) is 35.4 Å². The number of anilines is 1. The highest BCUT2D eigenvalue weighted by Gasteiger charge is 2.23. The van der Waals surface area contributed by atoms with E-state index < -0.39 is 0 Å². The van der Waals surface area contributed by atoms with Gasteiger partial charge in [-0.1, -0.05) is 18.6 Å². The van der Waals surface area contributed by atoms with Gasteiger partial charge >= 0.3 is 0 Å². The SMILES string of the molecule is Cc1ccnc(CNC(=O)c2ccc(-c3nc([C@@H]4CCCCN4)n4ccnc(N)c34)cc2)n1. The van der Waals surface area contributed by atoms with Crippen LogP contribution in [0.4, 0.5) is 5.82 Å². The Morgan fingerprint density at radius 1 is 1.15 bits per heavy atom. The van der Waals surface area contributed by atoms with Gasteiger partial charge in [0.25, 0.3) is 5.91 Å². The third kappa shape index (κ3) is 4.27. The maximum Gasteiger partial charge on any atom is 0.251 e. The number of aryl methyl sites for hydroxylation is 1. The fraction of sp³-hybridized carbons (Fsp3) is 0.292. The first-order valence-electron chi connectivity index (χ1n) is 11.1. The van der Waals surface area contributed by atoms with Crippen LogP contribution in [-0.4, -0.2) is 36.8 Å². The van der Waals surface area contributed by atoms with Crippen molar-refractivity contribution >= 4 is 17.2 Å². The number of hydrogen-bond donors (Lipinski definition) is 3. The molecule has 4 N–H and O–H groups in total. The van der Waals surface area contributed by atoms with Crippen molar-refractivity contribution < 1.29 is 4.79 Å². The first-order valence-corrected chi connectivity index (χ1v) is 11.1. The smallest absolute Gasteiger partial charge is 0.251 e. The van der Waals surface area contributed by atoms with Crippen LogP contribution in [0.2, 0.25) is 0 Å². The zero-order chi connectivity index (χ0) is 22.8. The molecule has 1 atom stereocenters. The summed E-state index contributed by atoms with van der Waals surface area (Å²) >= 11 is 0. The third-order valence-electron chi connectivity index (χ3n) is 5.90. The van der Waals surface area contributed by atoms with Gasteiger partial charge in [-0.05, 0) is 44.5 Å². The Labute approximate surface area is 191 Å². The standard InChI is InChI=1S/C24H26N8O/c1-15-9-11-27-19(30-15)14-29-24(33)17-7-5-16(6-8-17)20-21-22(25)28-12-13-32(21)23(31-20)18-4-2-3-10-26-18/h5-9,11-13,18,26H,2-4,10,14H2,1H3,(H2,25,28)(H,29,33)/t18-/m0/s1. The number of piperidine rings is 1. The van der Waals surface area contributed by atoms with Crippen LogP contribution in [0, 0.1) is 6.92 Å². The molecule has 1 aliphatic heterocycles. The Kier molecular flexibility index (Phi) is 5.70. The largest absolute Gasteiger partial charge is 0.382 e. The Morgan fingerprint density at radius 2 is 2.00 bits per heavy atom. The number of carbonyl (C=O) groups excluding carboxylic acids is 1. The Balaban J connectivity index is 1.40. The number of hydrogen-bond acceptors (Lipinski definition) is 7. The van der Waals surface area contributed by atoms with Gasteiger partial charge in [0.05, 0.1) is 12.6 Å². The van der Waals surface area contributed by atoms with Gasteiger partial charge in [-0.25, -0.2) is 19.9 Å². The quantitative estimate of drug-likeness (QED) is 0.434. The summed E-state index contributed by atoms with van der Waals surface area (Å²) in [5, 5.41) is 6.42. The van der Waals surface area contributed by atoms with Crippen LogP contribution < -0.4 is 16.4 Å². The molecular weight excluding hydrogens is 416 g/mol. The van der Waals surface area contributed by atoms with E-state index in [0.29, 0.717) is 17.2 Å². The molecule has 1 amide bonds. The van der Waals surface area contributed by atoms with E-state index in [-0.39, 0.29) is 18.5 Å². The Bertz CT molecular complexity index is 1290. The molecule has 1 fully saturated rings. The zero-order valence-electron chi connectivity index (χ0n) is 18.5. The van der Waals surface area contributed by atoms with Gasteiger partial charge in [0.1, 0.15) is 28.7 Å². The molecule has 0 unspecified atom stereocenters. The van der Waals surface area contributed by atoms with Crippen molar-refractivity contribution in [3.63, 3.8) is 0 Å². The van der Waals surface area contributed by atoms with E-state index >= 15 is 0 Å². The summed E-state index contributed by atoms with van der Waals surface area (Å²) in [5.41, 5.74) is 10.1. The number of fused-ring (bicyclic) bond motifs is 1. The number of aromatic nitrogens is 5. The van der Waals surface area contributed by atoms with Crippen LogP contribution in [0.15, 0.2) is 48.9 Å². The minimum atomic E-state index is -0.186. The van der Waals surface area contributed by atoms with Crippen molar-refractivity contribution in [2.45, 2.75) is 38.8 Å². The first kappa shape index (κ1) is 21.0. The summed E-state index contributed by atoms with van der Waals surface area (Å²) in [7, 11) is 0. The second-order valence-corrected chi connectivity index (χ2v) is 8.23. The summed E-state index contributed by atoms with van der Waals surface area (Å²) in [6.07, 6.45) is 8.67. The highest BCUT2D eigenvalue weighted by molar-refractivity contribution is 5.95. The molecule has 168 valence electrons. The number of benzene rings is 1. The molecule has 9 heteroatoms. The van der Waals surface area contributed by atoms with Crippen LogP contribution >= 0.6 is 0 Å². The lowest BCUT2D eigenvalue weighted by atomic mass is 10.0. The molecule has 3 aromatic heterocycles. The number of nitrogens with zero attached hydrogens (tertiary/aromatic N) is 5. The molecule has 0 radical (unpaired) electrons. The van der Waals surface area contributed by atoms with Crippen molar-refractivity contribution in [1.82, 2.24) is 35.0 Å². The summed E-state index contributed by atoms with van der Waals surface area (Å²) in [6.45, 7) is 3.14. The summed E-state index contributed by atoms with van der Waals surface area (Å²) in [4.78, 5) is 30.3. The molecule has 4 heterocycles. The van der Waals surface area contributed by atoms with E-state index in [1.165, 1.54) is 12.8 Å². The number of imidazole rings is 1. The van der Waals surface area contributed by atoms with Gasteiger partial charge in [0.15, 0.2) is 0 Å². The van der Waals surface area contributed by atoms with Crippen LogP contribution in [0.5, 0.6) is 0 Å². The molecule has 1 aromatic carbocycles. The van der Waals surface area contributed by atoms with Crippen LogP contribution in [0.25, 0.3) is 16.8 Å². The molecule has 1 saturated heterocycles. The van der Waals surface area contributed by atoms with Crippen molar-refractivity contribution in [3.05, 3.63) is 71.8 Å². The average Bonchev–Trinajstić information content (AvgIpc) is 3.24. The number of amides is 1. The number of rotatable bonds is 5. The lowest BCUT2D eigenvalue weighted by Crippen LogP contribution is -2.28. The Morgan fingerprint density at radius 3 is 2.76 bits per heavy atom. The predicted octanol–water partition coefficient (Wildman–Crippen LogP) is 2.82. The highest BCUT2D eigenvalue weighted by atomic mass is 16.1. The normalized spacial score (nSPS) is 16.1. The molecule has 0 spiro atoms. The third-order valence-corrected chi connectivity index (χ3v) is 5.90. The molecule has 1 aliphatic rings. The van der Waals surface area contributed by atoms with Crippen molar-refractivity contribution in [2.75, 3.05) is 12.3 Å². The highest BCUT2D eigenvalue weighted by Crippen LogP contribution is 2.32. The van der Waals surface area contributed by atoms with E-state index in [1.807, 2.05) is 35.7 Å². The molecule has 9 nitrogen and oxygen atoms in total. The topological polar surface area (TPSA) is 123 Å². The van der Waals surface area contributed by atoms with Gasteiger partial charge in [0.2, 0.25) is 0 Å². The second-order valence-electron chi connectivity index (χ2n) is 8.23. The number of nitrogen functional groups attached to an aromatic ring is 1. The van der Waals surface area contributed by atoms with E-state index in [2.05, 4.69) is 25.6 Å². The van der Waals surface area contributed by atoms with Gasteiger partial charge < -0.3 is 16.4 Å². The van der Waals surface area contributed by atoms with Gasteiger partial charge in [-0.15, -0.1) is 0 Å². The Hall–Kier alpha value is -3.85. The fourth-order valence-electron chi connectivity index (χ4n) is 4.23. The van der Waals surface area contributed by atoms with E-state index in [4.69, 9.17) is 10.7 Å². The summed E-state index contributed by atoms with van der Waals surface area (Å²) in [5.74, 6) is 1.77. The van der Waals surface area contributed by atoms with Crippen LogP contribution in [0.1, 0.15) is 53.0 Å². The van der Waals surface area contributed by atoms with E-state index in [1.54, 1.807) is 24.5 Å². The fourth-order valence-corrected chi connectivity index (χ4v) is 4.23. The van der Waals surface area contributed by atoms with Gasteiger partial charge in [-0.3, -0.25) is 9.20 Å². The maximum atomic E-state index is 12.6. The first-order chi connectivity index (χ1) is 16.1. The number of nitrogens with one attached hydrogen (secondary N) is 2. The van der Waals surface area contributed by atoms with Crippen LogP contribution in [-0.2, 0) is 6.54 Å². The van der Waals surface area contributed by atoms with Crippen molar-refractivity contribution in [3.8, 4) is 11.3 Å². The van der Waals surface area contributed by atoms with E-state index in [0.717, 1.165) is 41.3 Å². The molecule has 0 saturated carbocycles. The molecule has 5 rings (SSSR count). The van der Waals surface area contributed by atoms with Gasteiger partial charge in [-0.2, -0.15) is 0 Å². The molecule has 0 bridgehead atoms. The molecular formula is C24H26N8O. The average molecular weight is 443 g/mol. The number of nitrogens with two attached hydrogens (primary N) is 1. The monoisotopic (exact) mass is 442 g/mol.